The Kier molecular flexibility index (Phi) is 3.76. The van der Waals surface area contributed by atoms with Gasteiger partial charge in [-0.1, -0.05) is 26.0 Å². The van der Waals surface area contributed by atoms with Crippen LogP contribution >= 0.6 is 0 Å². The third kappa shape index (κ3) is 2.74. The first-order valence-electron chi connectivity index (χ1n) is 6.94. The molecule has 2 heteroatoms. The molecule has 1 fully saturated rings. The smallest absolute Gasteiger partial charge is 0.123 e. The second kappa shape index (κ2) is 5.00. The molecule has 1 aromatic carbocycles. The summed E-state index contributed by atoms with van der Waals surface area (Å²) in [6, 6.07) is 6.69. The van der Waals surface area contributed by atoms with Crippen molar-refractivity contribution in [3.05, 3.63) is 35.6 Å². The van der Waals surface area contributed by atoms with E-state index in [0.717, 1.165) is 17.4 Å². The molecule has 0 aromatic heterocycles. The highest BCUT2D eigenvalue weighted by Gasteiger charge is 2.36. The fraction of sp³-hybridized carbons (Fsp3) is 0.625. The molecule has 1 aliphatic carbocycles. The number of benzene rings is 1. The van der Waals surface area contributed by atoms with Gasteiger partial charge in [0.2, 0.25) is 0 Å². The van der Waals surface area contributed by atoms with Gasteiger partial charge in [0.15, 0.2) is 0 Å². The van der Waals surface area contributed by atoms with Crippen LogP contribution in [0.25, 0.3) is 0 Å². The van der Waals surface area contributed by atoms with Crippen LogP contribution < -0.4 is 5.73 Å². The second-order valence-electron chi connectivity index (χ2n) is 6.40. The highest BCUT2D eigenvalue weighted by atomic mass is 19.1. The lowest BCUT2D eigenvalue weighted by molar-refractivity contribution is 0.145. The molecule has 0 aliphatic heterocycles. The number of rotatable bonds is 2. The predicted molar refractivity (Wildman–Crippen MR) is 73.6 cm³/mol. The van der Waals surface area contributed by atoms with Crippen molar-refractivity contribution >= 4 is 0 Å². The van der Waals surface area contributed by atoms with Gasteiger partial charge in [0.05, 0.1) is 0 Å². The fourth-order valence-corrected chi connectivity index (χ4v) is 3.48. The molecule has 3 unspecified atom stereocenters. The maximum absolute atomic E-state index is 13.0. The van der Waals surface area contributed by atoms with Gasteiger partial charge in [-0.15, -0.1) is 0 Å². The molecule has 3 atom stereocenters. The summed E-state index contributed by atoms with van der Waals surface area (Å²) in [4.78, 5) is 0. The standard InChI is InChI=1S/C16H24FN/c1-11-8-12(2)10-14(9-11)16(3,18)13-4-6-15(17)7-5-13/h4-7,11-12,14H,8-10,18H2,1-3H3. The monoisotopic (exact) mass is 249 g/mol. The Labute approximate surface area is 110 Å². The first-order chi connectivity index (χ1) is 8.39. The molecule has 0 spiro atoms. The predicted octanol–water partition coefficient (Wildman–Crippen LogP) is 4.07. The molecule has 2 N–H and O–H groups in total. The average Bonchev–Trinajstić information content (AvgIpc) is 2.28. The zero-order valence-corrected chi connectivity index (χ0v) is 11.6. The first-order valence-corrected chi connectivity index (χ1v) is 6.94. The molecule has 0 bridgehead atoms. The van der Waals surface area contributed by atoms with Gasteiger partial charge in [-0.3, -0.25) is 0 Å². The Morgan fingerprint density at radius 2 is 1.56 bits per heavy atom. The van der Waals surface area contributed by atoms with E-state index >= 15 is 0 Å². The van der Waals surface area contributed by atoms with Crippen LogP contribution in [0.5, 0.6) is 0 Å². The number of hydrogen-bond donors (Lipinski definition) is 1. The van der Waals surface area contributed by atoms with E-state index in [-0.39, 0.29) is 11.4 Å². The van der Waals surface area contributed by atoms with E-state index in [1.54, 1.807) is 0 Å². The summed E-state index contributed by atoms with van der Waals surface area (Å²) < 4.78 is 13.0. The minimum Gasteiger partial charge on any atom is -0.321 e. The Morgan fingerprint density at radius 1 is 1.06 bits per heavy atom. The van der Waals surface area contributed by atoms with E-state index in [1.165, 1.54) is 31.4 Å². The summed E-state index contributed by atoms with van der Waals surface area (Å²) in [6.45, 7) is 6.71. The van der Waals surface area contributed by atoms with Gasteiger partial charge in [0, 0.05) is 5.54 Å². The van der Waals surface area contributed by atoms with Gasteiger partial charge >= 0.3 is 0 Å². The van der Waals surface area contributed by atoms with E-state index < -0.39 is 0 Å². The summed E-state index contributed by atoms with van der Waals surface area (Å²) in [7, 11) is 0. The maximum atomic E-state index is 13.0. The Balaban J connectivity index is 2.21. The van der Waals surface area contributed by atoms with E-state index in [9.17, 15) is 4.39 Å². The number of hydrogen-bond acceptors (Lipinski definition) is 1. The summed E-state index contributed by atoms with van der Waals surface area (Å²) in [5, 5.41) is 0. The topological polar surface area (TPSA) is 26.0 Å². The lowest BCUT2D eigenvalue weighted by Gasteiger charge is -2.41. The van der Waals surface area contributed by atoms with Gasteiger partial charge in [-0.2, -0.15) is 0 Å². The van der Waals surface area contributed by atoms with Crippen LogP contribution in [0.2, 0.25) is 0 Å². The molecular formula is C16H24FN. The molecule has 18 heavy (non-hydrogen) atoms. The molecule has 0 heterocycles. The quantitative estimate of drug-likeness (QED) is 0.840. The Morgan fingerprint density at radius 3 is 2.06 bits per heavy atom. The molecular weight excluding hydrogens is 225 g/mol. The van der Waals surface area contributed by atoms with Crippen molar-refractivity contribution in [2.24, 2.45) is 23.5 Å². The van der Waals surface area contributed by atoms with Crippen molar-refractivity contribution < 1.29 is 4.39 Å². The van der Waals surface area contributed by atoms with E-state index in [0.29, 0.717) is 5.92 Å². The Hall–Kier alpha value is -0.890. The molecule has 0 saturated heterocycles. The highest BCUT2D eigenvalue weighted by Crippen LogP contribution is 2.41. The summed E-state index contributed by atoms with van der Waals surface area (Å²) in [6.07, 6.45) is 3.65. The van der Waals surface area contributed by atoms with E-state index in [2.05, 4.69) is 20.8 Å². The van der Waals surface area contributed by atoms with Crippen LogP contribution in [0.1, 0.15) is 45.6 Å². The van der Waals surface area contributed by atoms with Gasteiger partial charge in [-0.05, 0) is 61.6 Å². The van der Waals surface area contributed by atoms with E-state index in [4.69, 9.17) is 5.73 Å². The molecule has 1 aliphatic rings. The molecule has 1 aromatic rings. The number of nitrogens with two attached hydrogens (primary N) is 1. The zero-order chi connectivity index (χ0) is 13.3. The molecule has 1 nitrogen and oxygen atoms in total. The zero-order valence-electron chi connectivity index (χ0n) is 11.6. The van der Waals surface area contributed by atoms with Crippen LogP contribution in [-0.2, 0) is 5.54 Å². The average molecular weight is 249 g/mol. The van der Waals surface area contributed by atoms with Crippen LogP contribution in [-0.4, -0.2) is 0 Å². The van der Waals surface area contributed by atoms with Crippen LogP contribution in [0.3, 0.4) is 0 Å². The van der Waals surface area contributed by atoms with Crippen LogP contribution in [0, 0.1) is 23.6 Å². The summed E-state index contributed by atoms with van der Waals surface area (Å²) >= 11 is 0. The Bertz CT molecular complexity index is 386. The lowest BCUT2D eigenvalue weighted by Crippen LogP contribution is -2.44. The minimum atomic E-state index is -0.351. The van der Waals surface area contributed by atoms with Crippen molar-refractivity contribution in [1.82, 2.24) is 0 Å². The molecule has 100 valence electrons. The van der Waals surface area contributed by atoms with Crippen molar-refractivity contribution in [3.63, 3.8) is 0 Å². The molecule has 0 amide bonds. The van der Waals surface area contributed by atoms with Gasteiger partial charge in [0.1, 0.15) is 5.82 Å². The summed E-state index contributed by atoms with van der Waals surface area (Å²) in [5.41, 5.74) is 7.27. The highest BCUT2D eigenvalue weighted by molar-refractivity contribution is 5.25. The third-order valence-corrected chi connectivity index (χ3v) is 4.49. The van der Waals surface area contributed by atoms with Crippen molar-refractivity contribution in [2.75, 3.05) is 0 Å². The van der Waals surface area contributed by atoms with Gasteiger partial charge in [0.25, 0.3) is 0 Å². The number of halogens is 1. The SMILES string of the molecule is CC1CC(C)CC(C(C)(N)c2ccc(F)cc2)C1. The first kappa shape index (κ1) is 13.5. The fourth-order valence-electron chi connectivity index (χ4n) is 3.48. The van der Waals surface area contributed by atoms with Crippen LogP contribution in [0.15, 0.2) is 24.3 Å². The maximum Gasteiger partial charge on any atom is 0.123 e. The summed E-state index contributed by atoms with van der Waals surface area (Å²) in [5.74, 6) is 1.77. The van der Waals surface area contributed by atoms with Crippen molar-refractivity contribution in [1.29, 1.82) is 0 Å². The van der Waals surface area contributed by atoms with Crippen LogP contribution in [0.4, 0.5) is 4.39 Å². The second-order valence-corrected chi connectivity index (χ2v) is 6.40. The minimum absolute atomic E-state index is 0.195. The lowest BCUT2D eigenvalue weighted by atomic mass is 9.67. The van der Waals surface area contributed by atoms with Gasteiger partial charge < -0.3 is 5.73 Å². The molecule has 0 radical (unpaired) electrons. The normalized spacial score (nSPS) is 31.9. The molecule has 1 saturated carbocycles. The van der Waals surface area contributed by atoms with Gasteiger partial charge in [-0.25, -0.2) is 4.39 Å². The van der Waals surface area contributed by atoms with Crippen molar-refractivity contribution in [3.8, 4) is 0 Å². The van der Waals surface area contributed by atoms with E-state index in [1.807, 2.05) is 12.1 Å². The third-order valence-electron chi connectivity index (χ3n) is 4.49. The van der Waals surface area contributed by atoms with Crippen molar-refractivity contribution in [2.45, 2.75) is 45.6 Å². The molecule has 2 rings (SSSR count). The largest absolute Gasteiger partial charge is 0.321 e.